The summed E-state index contributed by atoms with van der Waals surface area (Å²) in [5.74, 6) is -0.104. The minimum absolute atomic E-state index is 0.0619. The Kier molecular flexibility index (Phi) is 6.36. The molecule has 2 amide bonds. The number of ether oxygens (including phenoxy) is 1. The first kappa shape index (κ1) is 18.7. The quantitative estimate of drug-likeness (QED) is 0.633. The lowest BCUT2D eigenvalue weighted by atomic mass is 10.0. The third-order valence-corrected chi connectivity index (χ3v) is 3.77. The van der Waals surface area contributed by atoms with Crippen LogP contribution in [0.25, 0.3) is 0 Å². The molecule has 0 spiro atoms. The standard InChI is InChI=1S/C18H20ClN3O3/c1-11(2)13-7-6-12(3)9-15(13)25-10-16(23)21-22-18(24)14-5-4-8-20-17(14)19/h4-9,11H,10H2,1-3H3,(H,21,23)(H,22,24). The van der Waals surface area contributed by atoms with Crippen LogP contribution in [0.1, 0.15) is 41.3 Å². The normalized spacial score (nSPS) is 10.4. The summed E-state index contributed by atoms with van der Waals surface area (Å²) < 4.78 is 5.60. The van der Waals surface area contributed by atoms with Gasteiger partial charge in [-0.05, 0) is 42.2 Å². The van der Waals surface area contributed by atoms with Crippen molar-refractivity contribution in [3.8, 4) is 5.75 Å². The number of rotatable bonds is 5. The van der Waals surface area contributed by atoms with Gasteiger partial charge in [-0.3, -0.25) is 20.4 Å². The van der Waals surface area contributed by atoms with E-state index in [4.69, 9.17) is 16.3 Å². The number of hydrogen-bond donors (Lipinski definition) is 2. The van der Waals surface area contributed by atoms with E-state index in [1.807, 2.05) is 25.1 Å². The second-order valence-corrected chi connectivity index (χ2v) is 6.19. The molecule has 1 heterocycles. The van der Waals surface area contributed by atoms with Gasteiger partial charge in [-0.1, -0.05) is 37.6 Å². The second-order valence-electron chi connectivity index (χ2n) is 5.83. The molecular weight excluding hydrogens is 342 g/mol. The van der Waals surface area contributed by atoms with E-state index in [1.165, 1.54) is 12.3 Å². The van der Waals surface area contributed by atoms with E-state index >= 15 is 0 Å². The highest BCUT2D eigenvalue weighted by molar-refractivity contribution is 6.32. The number of benzene rings is 1. The Morgan fingerprint density at radius 2 is 2.00 bits per heavy atom. The molecule has 0 aliphatic carbocycles. The van der Waals surface area contributed by atoms with Crippen molar-refractivity contribution in [2.75, 3.05) is 6.61 Å². The zero-order valence-electron chi connectivity index (χ0n) is 14.3. The molecule has 0 atom stereocenters. The Labute approximate surface area is 151 Å². The zero-order chi connectivity index (χ0) is 18.4. The zero-order valence-corrected chi connectivity index (χ0v) is 15.1. The summed E-state index contributed by atoms with van der Waals surface area (Å²) in [4.78, 5) is 27.6. The number of nitrogens with zero attached hydrogens (tertiary/aromatic N) is 1. The minimum Gasteiger partial charge on any atom is -0.483 e. The maximum atomic E-state index is 11.9. The third-order valence-electron chi connectivity index (χ3n) is 3.47. The van der Waals surface area contributed by atoms with Gasteiger partial charge in [0, 0.05) is 6.20 Å². The van der Waals surface area contributed by atoms with Crippen molar-refractivity contribution in [3.05, 3.63) is 58.4 Å². The molecule has 132 valence electrons. The molecule has 1 aromatic carbocycles. The number of aromatic nitrogens is 1. The maximum Gasteiger partial charge on any atom is 0.276 e. The molecule has 0 aliphatic heterocycles. The van der Waals surface area contributed by atoms with Gasteiger partial charge in [-0.25, -0.2) is 4.98 Å². The van der Waals surface area contributed by atoms with Crippen LogP contribution in [0.4, 0.5) is 0 Å². The molecule has 0 aliphatic rings. The van der Waals surface area contributed by atoms with Gasteiger partial charge in [-0.2, -0.15) is 0 Å². The predicted molar refractivity (Wildman–Crippen MR) is 95.6 cm³/mol. The van der Waals surface area contributed by atoms with Crippen LogP contribution in [-0.2, 0) is 4.79 Å². The molecule has 7 heteroatoms. The lowest BCUT2D eigenvalue weighted by molar-refractivity contribution is -0.123. The van der Waals surface area contributed by atoms with Crippen molar-refractivity contribution in [2.45, 2.75) is 26.7 Å². The Morgan fingerprint density at radius 3 is 2.68 bits per heavy atom. The molecule has 0 fully saturated rings. The molecule has 0 bridgehead atoms. The van der Waals surface area contributed by atoms with E-state index in [0.717, 1.165) is 11.1 Å². The lowest BCUT2D eigenvalue weighted by Crippen LogP contribution is -2.44. The summed E-state index contributed by atoms with van der Waals surface area (Å²) in [6.45, 7) is 5.84. The van der Waals surface area contributed by atoms with Crippen LogP contribution >= 0.6 is 11.6 Å². The van der Waals surface area contributed by atoms with Crippen molar-refractivity contribution >= 4 is 23.4 Å². The SMILES string of the molecule is Cc1ccc(C(C)C)c(OCC(=O)NNC(=O)c2cccnc2Cl)c1. The van der Waals surface area contributed by atoms with E-state index in [1.54, 1.807) is 6.07 Å². The van der Waals surface area contributed by atoms with Gasteiger partial charge in [0.15, 0.2) is 6.61 Å². The third kappa shape index (κ3) is 5.19. The fourth-order valence-electron chi connectivity index (χ4n) is 2.17. The van der Waals surface area contributed by atoms with Crippen LogP contribution in [-0.4, -0.2) is 23.4 Å². The van der Waals surface area contributed by atoms with E-state index in [9.17, 15) is 9.59 Å². The Balaban J connectivity index is 1.90. The number of amides is 2. The largest absolute Gasteiger partial charge is 0.483 e. The Morgan fingerprint density at radius 1 is 1.24 bits per heavy atom. The molecule has 2 N–H and O–H groups in total. The van der Waals surface area contributed by atoms with Gasteiger partial charge in [0.2, 0.25) is 0 Å². The number of nitrogens with one attached hydrogen (secondary N) is 2. The highest BCUT2D eigenvalue weighted by Crippen LogP contribution is 2.27. The molecule has 0 radical (unpaired) electrons. The summed E-state index contributed by atoms with van der Waals surface area (Å²) in [5, 5.41) is 0.0619. The number of halogens is 1. The first-order chi connectivity index (χ1) is 11.9. The fraction of sp³-hybridized carbons (Fsp3) is 0.278. The Bertz CT molecular complexity index is 778. The molecular formula is C18H20ClN3O3. The lowest BCUT2D eigenvalue weighted by Gasteiger charge is -2.15. The van der Waals surface area contributed by atoms with E-state index in [0.29, 0.717) is 5.75 Å². The molecule has 0 unspecified atom stereocenters. The molecule has 25 heavy (non-hydrogen) atoms. The first-order valence-electron chi connectivity index (χ1n) is 7.81. The highest BCUT2D eigenvalue weighted by atomic mass is 35.5. The van der Waals surface area contributed by atoms with Crippen molar-refractivity contribution in [1.29, 1.82) is 0 Å². The van der Waals surface area contributed by atoms with Crippen LogP contribution in [0.2, 0.25) is 5.15 Å². The predicted octanol–water partition coefficient (Wildman–Crippen LogP) is 3.01. The smallest absolute Gasteiger partial charge is 0.276 e. The number of hydrazine groups is 1. The van der Waals surface area contributed by atoms with Gasteiger partial charge >= 0.3 is 0 Å². The highest BCUT2D eigenvalue weighted by Gasteiger charge is 2.13. The number of pyridine rings is 1. The van der Waals surface area contributed by atoms with Crippen molar-refractivity contribution in [3.63, 3.8) is 0 Å². The van der Waals surface area contributed by atoms with Crippen LogP contribution < -0.4 is 15.6 Å². The van der Waals surface area contributed by atoms with Crippen LogP contribution in [0.15, 0.2) is 36.5 Å². The van der Waals surface area contributed by atoms with E-state index in [-0.39, 0.29) is 23.2 Å². The van der Waals surface area contributed by atoms with Crippen LogP contribution in [0, 0.1) is 6.92 Å². The number of carbonyl (C=O) groups excluding carboxylic acids is 2. The first-order valence-corrected chi connectivity index (χ1v) is 8.19. The van der Waals surface area contributed by atoms with Crippen LogP contribution in [0.3, 0.4) is 0 Å². The number of hydrogen-bond acceptors (Lipinski definition) is 4. The average Bonchev–Trinajstić information content (AvgIpc) is 2.58. The topological polar surface area (TPSA) is 80.3 Å². The van der Waals surface area contributed by atoms with Gasteiger partial charge in [0.05, 0.1) is 5.56 Å². The molecule has 1 aromatic heterocycles. The molecule has 2 aromatic rings. The molecule has 0 saturated carbocycles. The Hall–Kier alpha value is -2.60. The van der Waals surface area contributed by atoms with E-state index in [2.05, 4.69) is 29.7 Å². The number of aryl methyl sites for hydroxylation is 1. The van der Waals surface area contributed by atoms with Gasteiger partial charge in [0.25, 0.3) is 11.8 Å². The minimum atomic E-state index is -0.551. The molecule has 0 saturated heterocycles. The summed E-state index contributed by atoms with van der Waals surface area (Å²) in [7, 11) is 0. The van der Waals surface area contributed by atoms with Gasteiger partial charge in [-0.15, -0.1) is 0 Å². The molecule has 6 nitrogen and oxygen atoms in total. The number of carbonyl (C=O) groups is 2. The van der Waals surface area contributed by atoms with Crippen molar-refractivity contribution in [2.24, 2.45) is 0 Å². The second kappa shape index (κ2) is 8.48. The van der Waals surface area contributed by atoms with E-state index < -0.39 is 11.8 Å². The van der Waals surface area contributed by atoms with Gasteiger partial charge in [0.1, 0.15) is 10.9 Å². The summed E-state index contributed by atoms with van der Waals surface area (Å²) in [6, 6.07) is 8.96. The van der Waals surface area contributed by atoms with Crippen LogP contribution in [0.5, 0.6) is 5.75 Å². The summed E-state index contributed by atoms with van der Waals surface area (Å²) in [5.41, 5.74) is 6.81. The van der Waals surface area contributed by atoms with Crippen molar-refractivity contribution in [1.82, 2.24) is 15.8 Å². The fourth-order valence-corrected chi connectivity index (χ4v) is 2.38. The molecule has 2 rings (SSSR count). The maximum absolute atomic E-state index is 11.9. The average molecular weight is 362 g/mol. The van der Waals surface area contributed by atoms with Gasteiger partial charge < -0.3 is 4.74 Å². The van der Waals surface area contributed by atoms with Crippen molar-refractivity contribution < 1.29 is 14.3 Å². The monoisotopic (exact) mass is 361 g/mol. The summed E-state index contributed by atoms with van der Waals surface area (Å²) in [6.07, 6.45) is 1.47. The summed E-state index contributed by atoms with van der Waals surface area (Å²) >= 11 is 5.83.